The van der Waals surface area contributed by atoms with Crippen LogP contribution in [0, 0.1) is 11.8 Å². The van der Waals surface area contributed by atoms with E-state index in [0.717, 1.165) is 5.57 Å². The standard InChI is InChI=1S/C20H27NO4/c1-15(2)12-14-24-18-11-7-6-9-16(18)17(22)10-8-13-21-19(23)25-20(3,4)5/h6-7,9,11-12,17,22H,13-14H2,1-5H3,(H,21,23). The summed E-state index contributed by atoms with van der Waals surface area (Å²) in [6.07, 6.45) is 0.421. The number of nitrogens with one attached hydrogen (secondary N) is 1. The molecule has 1 amide bonds. The molecule has 0 aromatic heterocycles. The third-order valence-corrected chi connectivity index (χ3v) is 2.90. The van der Waals surface area contributed by atoms with Crippen LogP contribution < -0.4 is 10.1 Å². The van der Waals surface area contributed by atoms with Crippen molar-refractivity contribution in [2.45, 2.75) is 46.3 Å². The van der Waals surface area contributed by atoms with Crippen molar-refractivity contribution < 1.29 is 19.4 Å². The number of hydrogen-bond acceptors (Lipinski definition) is 4. The number of rotatable bonds is 5. The highest BCUT2D eigenvalue weighted by Gasteiger charge is 2.15. The first kappa shape index (κ1) is 20.6. The quantitative estimate of drug-likeness (QED) is 0.632. The van der Waals surface area contributed by atoms with Gasteiger partial charge in [-0.2, -0.15) is 0 Å². The number of amides is 1. The lowest BCUT2D eigenvalue weighted by Gasteiger charge is -2.19. The molecule has 1 aromatic rings. The minimum absolute atomic E-state index is 0.0900. The Morgan fingerprint density at radius 3 is 2.64 bits per heavy atom. The van der Waals surface area contributed by atoms with E-state index in [1.807, 2.05) is 32.1 Å². The molecule has 0 heterocycles. The number of aliphatic hydroxyl groups excluding tert-OH is 1. The topological polar surface area (TPSA) is 67.8 Å². The predicted octanol–water partition coefficient (Wildman–Crippen LogP) is 3.59. The van der Waals surface area contributed by atoms with Crippen molar-refractivity contribution in [3.63, 3.8) is 0 Å². The molecule has 0 bridgehead atoms. The molecule has 1 aromatic carbocycles. The summed E-state index contributed by atoms with van der Waals surface area (Å²) in [5, 5.41) is 12.8. The second kappa shape index (κ2) is 9.75. The summed E-state index contributed by atoms with van der Waals surface area (Å²) in [6, 6.07) is 7.20. The fourth-order valence-corrected chi connectivity index (χ4v) is 1.79. The molecule has 136 valence electrons. The molecule has 0 fully saturated rings. The molecular formula is C20H27NO4. The van der Waals surface area contributed by atoms with Crippen LogP contribution >= 0.6 is 0 Å². The van der Waals surface area contributed by atoms with E-state index in [9.17, 15) is 9.90 Å². The van der Waals surface area contributed by atoms with Crippen molar-refractivity contribution in [1.82, 2.24) is 5.32 Å². The zero-order valence-electron chi connectivity index (χ0n) is 15.6. The minimum Gasteiger partial charge on any atom is -0.489 e. The Morgan fingerprint density at radius 2 is 2.00 bits per heavy atom. The smallest absolute Gasteiger partial charge is 0.408 e. The summed E-state index contributed by atoms with van der Waals surface area (Å²) < 4.78 is 10.8. The average molecular weight is 345 g/mol. The molecule has 0 saturated carbocycles. The summed E-state index contributed by atoms with van der Waals surface area (Å²) in [4.78, 5) is 11.5. The number of aliphatic hydroxyl groups is 1. The van der Waals surface area contributed by atoms with Crippen LogP contribution in [0.1, 0.15) is 46.3 Å². The minimum atomic E-state index is -0.997. The Morgan fingerprint density at radius 1 is 1.32 bits per heavy atom. The van der Waals surface area contributed by atoms with Gasteiger partial charge < -0.3 is 19.9 Å². The molecule has 2 N–H and O–H groups in total. The Labute approximate surface area is 150 Å². The van der Waals surface area contributed by atoms with Gasteiger partial charge in [-0.25, -0.2) is 4.79 Å². The van der Waals surface area contributed by atoms with Crippen LogP contribution in [0.25, 0.3) is 0 Å². The first-order valence-electron chi connectivity index (χ1n) is 8.17. The van der Waals surface area contributed by atoms with E-state index in [1.165, 1.54) is 0 Å². The lowest BCUT2D eigenvalue weighted by molar-refractivity contribution is 0.0535. The van der Waals surface area contributed by atoms with Gasteiger partial charge in [-0.3, -0.25) is 0 Å². The normalized spacial score (nSPS) is 11.6. The first-order chi connectivity index (χ1) is 11.7. The Bertz CT molecular complexity index is 658. The molecule has 0 saturated heterocycles. The molecule has 5 nitrogen and oxygen atoms in total. The highest BCUT2D eigenvalue weighted by atomic mass is 16.6. The summed E-state index contributed by atoms with van der Waals surface area (Å²) in [6.45, 7) is 9.86. The van der Waals surface area contributed by atoms with Crippen molar-refractivity contribution in [2.75, 3.05) is 13.2 Å². The molecule has 0 aliphatic carbocycles. The van der Waals surface area contributed by atoms with Gasteiger partial charge in [-0.15, -0.1) is 0 Å². The molecule has 0 aliphatic heterocycles. The number of carbonyl (C=O) groups excluding carboxylic acids is 1. The van der Waals surface area contributed by atoms with Gasteiger partial charge in [0.1, 0.15) is 24.1 Å². The van der Waals surface area contributed by atoms with Crippen molar-refractivity contribution in [3.8, 4) is 17.6 Å². The largest absolute Gasteiger partial charge is 0.489 e. The number of para-hydroxylation sites is 1. The third kappa shape index (κ3) is 8.83. The van der Waals surface area contributed by atoms with Gasteiger partial charge in [0.05, 0.1) is 6.54 Å². The average Bonchev–Trinajstić information content (AvgIpc) is 2.50. The lowest BCUT2D eigenvalue weighted by atomic mass is 10.1. The van der Waals surface area contributed by atoms with E-state index < -0.39 is 17.8 Å². The lowest BCUT2D eigenvalue weighted by Crippen LogP contribution is -2.32. The Balaban J connectivity index is 2.62. The number of alkyl carbamates (subject to hydrolysis) is 1. The van der Waals surface area contributed by atoms with Crippen LogP contribution in [0.2, 0.25) is 0 Å². The van der Waals surface area contributed by atoms with E-state index in [0.29, 0.717) is 17.9 Å². The fraction of sp³-hybridized carbons (Fsp3) is 0.450. The van der Waals surface area contributed by atoms with Crippen LogP contribution in [0.4, 0.5) is 4.79 Å². The second-order valence-corrected chi connectivity index (χ2v) is 6.71. The monoisotopic (exact) mass is 345 g/mol. The highest BCUT2D eigenvalue weighted by molar-refractivity contribution is 5.68. The van der Waals surface area contributed by atoms with Crippen molar-refractivity contribution in [3.05, 3.63) is 41.5 Å². The van der Waals surface area contributed by atoms with Gasteiger partial charge >= 0.3 is 6.09 Å². The molecule has 1 atom stereocenters. The van der Waals surface area contributed by atoms with Crippen LogP contribution in [-0.4, -0.2) is 30.0 Å². The SMILES string of the molecule is CC(C)=CCOc1ccccc1C(O)C#CCNC(=O)OC(C)(C)C. The summed E-state index contributed by atoms with van der Waals surface area (Å²) in [5.74, 6) is 6.00. The fourth-order valence-electron chi connectivity index (χ4n) is 1.79. The molecule has 1 rings (SSSR count). The van der Waals surface area contributed by atoms with Crippen LogP contribution in [-0.2, 0) is 4.74 Å². The van der Waals surface area contributed by atoms with Gasteiger partial charge in [0, 0.05) is 5.56 Å². The van der Waals surface area contributed by atoms with Gasteiger partial charge in [0.2, 0.25) is 0 Å². The van der Waals surface area contributed by atoms with E-state index in [-0.39, 0.29) is 6.54 Å². The van der Waals surface area contributed by atoms with E-state index in [4.69, 9.17) is 9.47 Å². The molecular weight excluding hydrogens is 318 g/mol. The number of carbonyl (C=O) groups is 1. The summed E-state index contributed by atoms with van der Waals surface area (Å²) in [7, 11) is 0. The van der Waals surface area contributed by atoms with E-state index in [1.54, 1.807) is 32.9 Å². The molecule has 0 aliphatic rings. The number of hydrogen-bond donors (Lipinski definition) is 2. The summed E-state index contributed by atoms with van der Waals surface area (Å²) >= 11 is 0. The number of allylic oxidation sites excluding steroid dienone is 1. The van der Waals surface area contributed by atoms with Crippen LogP contribution in [0.15, 0.2) is 35.9 Å². The predicted molar refractivity (Wildman–Crippen MR) is 98.3 cm³/mol. The second-order valence-electron chi connectivity index (χ2n) is 6.71. The third-order valence-electron chi connectivity index (χ3n) is 2.90. The van der Waals surface area contributed by atoms with Gasteiger partial charge in [0.25, 0.3) is 0 Å². The van der Waals surface area contributed by atoms with Crippen LogP contribution in [0.5, 0.6) is 5.75 Å². The van der Waals surface area contributed by atoms with Crippen molar-refractivity contribution in [1.29, 1.82) is 0 Å². The van der Waals surface area contributed by atoms with E-state index >= 15 is 0 Å². The summed E-state index contributed by atoms with van der Waals surface area (Å²) in [5.41, 5.74) is 1.19. The van der Waals surface area contributed by atoms with Gasteiger partial charge in [-0.1, -0.05) is 35.6 Å². The van der Waals surface area contributed by atoms with E-state index in [2.05, 4.69) is 17.2 Å². The van der Waals surface area contributed by atoms with Gasteiger partial charge in [-0.05, 0) is 46.8 Å². The molecule has 5 heteroatoms. The molecule has 25 heavy (non-hydrogen) atoms. The molecule has 1 unspecified atom stereocenters. The molecule has 0 spiro atoms. The van der Waals surface area contributed by atoms with Crippen LogP contribution in [0.3, 0.4) is 0 Å². The number of benzene rings is 1. The Kier molecular flexibility index (Phi) is 8.03. The maximum Gasteiger partial charge on any atom is 0.408 e. The maximum atomic E-state index is 11.5. The first-order valence-corrected chi connectivity index (χ1v) is 8.17. The zero-order chi connectivity index (χ0) is 18.9. The Hall–Kier alpha value is -2.45. The van der Waals surface area contributed by atoms with Crippen molar-refractivity contribution in [2.24, 2.45) is 0 Å². The van der Waals surface area contributed by atoms with Gasteiger partial charge in [0.15, 0.2) is 0 Å². The number of ether oxygens (including phenoxy) is 2. The molecule has 0 radical (unpaired) electrons. The highest BCUT2D eigenvalue weighted by Crippen LogP contribution is 2.24. The zero-order valence-corrected chi connectivity index (χ0v) is 15.6. The maximum absolute atomic E-state index is 11.5. The van der Waals surface area contributed by atoms with Crippen molar-refractivity contribution >= 4 is 6.09 Å².